The second-order valence-electron chi connectivity index (χ2n) is 6.73. The Labute approximate surface area is 117 Å². The molecule has 2 atom stereocenters. The molecular weight excluding hydrogens is 240 g/mol. The Hall–Kier alpha value is -0.160. The van der Waals surface area contributed by atoms with Crippen LogP contribution in [0.15, 0.2) is 0 Å². The average Bonchev–Trinajstić information content (AvgIpc) is 2.51. The van der Waals surface area contributed by atoms with Crippen molar-refractivity contribution < 1.29 is 9.84 Å². The first-order chi connectivity index (χ1) is 8.96. The van der Waals surface area contributed by atoms with E-state index in [-0.39, 0.29) is 0 Å². The van der Waals surface area contributed by atoms with Gasteiger partial charge in [-0.3, -0.25) is 4.90 Å². The van der Waals surface area contributed by atoms with Crippen molar-refractivity contribution in [2.75, 3.05) is 39.3 Å². The lowest BCUT2D eigenvalue weighted by Crippen LogP contribution is -2.50. The molecule has 2 aliphatic heterocycles. The fourth-order valence-corrected chi connectivity index (χ4v) is 3.11. The molecule has 4 nitrogen and oxygen atoms in total. The Kier molecular flexibility index (Phi) is 5.23. The maximum absolute atomic E-state index is 10.1. The van der Waals surface area contributed by atoms with Gasteiger partial charge in [-0.25, -0.2) is 0 Å². The van der Waals surface area contributed by atoms with E-state index in [4.69, 9.17) is 4.74 Å². The van der Waals surface area contributed by atoms with Crippen LogP contribution >= 0.6 is 0 Å². The zero-order valence-electron chi connectivity index (χ0n) is 12.8. The van der Waals surface area contributed by atoms with E-state index in [1.165, 1.54) is 0 Å². The van der Waals surface area contributed by atoms with Gasteiger partial charge in [0.05, 0.1) is 18.3 Å². The van der Waals surface area contributed by atoms with E-state index >= 15 is 0 Å². The SMILES string of the molecule is CC(C)N1CCOC(CN2CCCC(C)(O)CC2)C1. The van der Waals surface area contributed by atoms with Gasteiger partial charge in [0.1, 0.15) is 0 Å². The van der Waals surface area contributed by atoms with Crippen molar-refractivity contribution in [2.24, 2.45) is 0 Å². The molecule has 0 aromatic carbocycles. The summed E-state index contributed by atoms with van der Waals surface area (Å²) in [6, 6.07) is 0.608. The van der Waals surface area contributed by atoms with E-state index in [1.54, 1.807) is 0 Å². The van der Waals surface area contributed by atoms with Gasteiger partial charge in [0, 0.05) is 32.2 Å². The molecule has 112 valence electrons. The highest BCUT2D eigenvalue weighted by Crippen LogP contribution is 2.22. The minimum atomic E-state index is -0.466. The van der Waals surface area contributed by atoms with Gasteiger partial charge in [0.2, 0.25) is 0 Å². The van der Waals surface area contributed by atoms with Crippen LogP contribution in [0.4, 0.5) is 0 Å². The van der Waals surface area contributed by atoms with E-state index in [1.807, 2.05) is 6.92 Å². The monoisotopic (exact) mass is 270 g/mol. The molecule has 0 aromatic rings. The van der Waals surface area contributed by atoms with Crippen LogP contribution in [0.3, 0.4) is 0 Å². The lowest BCUT2D eigenvalue weighted by molar-refractivity contribution is -0.0525. The van der Waals surface area contributed by atoms with E-state index in [9.17, 15) is 5.11 Å². The minimum Gasteiger partial charge on any atom is -0.390 e. The molecule has 2 saturated heterocycles. The summed E-state index contributed by atoms with van der Waals surface area (Å²) in [4.78, 5) is 4.97. The van der Waals surface area contributed by atoms with E-state index in [0.29, 0.717) is 12.1 Å². The number of ether oxygens (including phenoxy) is 1. The van der Waals surface area contributed by atoms with Gasteiger partial charge in [-0.2, -0.15) is 0 Å². The highest BCUT2D eigenvalue weighted by molar-refractivity contribution is 4.82. The van der Waals surface area contributed by atoms with Gasteiger partial charge in [-0.05, 0) is 46.6 Å². The Bertz CT molecular complexity index is 281. The number of likely N-dealkylation sites (tertiary alicyclic amines) is 1. The van der Waals surface area contributed by atoms with E-state index in [0.717, 1.165) is 58.6 Å². The highest BCUT2D eigenvalue weighted by Gasteiger charge is 2.28. The predicted octanol–water partition coefficient (Wildman–Crippen LogP) is 1.33. The summed E-state index contributed by atoms with van der Waals surface area (Å²) in [6.07, 6.45) is 3.23. The number of nitrogens with zero attached hydrogens (tertiary/aromatic N) is 2. The van der Waals surface area contributed by atoms with Crippen molar-refractivity contribution in [1.82, 2.24) is 9.80 Å². The van der Waals surface area contributed by atoms with Gasteiger partial charge < -0.3 is 14.7 Å². The Morgan fingerprint density at radius 2 is 2.05 bits per heavy atom. The molecule has 0 bridgehead atoms. The van der Waals surface area contributed by atoms with Gasteiger partial charge in [-0.1, -0.05) is 0 Å². The third-order valence-electron chi connectivity index (χ3n) is 4.52. The maximum atomic E-state index is 10.1. The predicted molar refractivity (Wildman–Crippen MR) is 77.4 cm³/mol. The second kappa shape index (κ2) is 6.53. The quantitative estimate of drug-likeness (QED) is 0.839. The van der Waals surface area contributed by atoms with Crippen LogP contribution in [0.1, 0.15) is 40.0 Å². The summed E-state index contributed by atoms with van der Waals surface area (Å²) < 4.78 is 5.91. The number of hydrogen-bond acceptors (Lipinski definition) is 4. The van der Waals surface area contributed by atoms with Crippen LogP contribution in [0, 0.1) is 0 Å². The molecule has 4 heteroatoms. The van der Waals surface area contributed by atoms with E-state index in [2.05, 4.69) is 23.6 Å². The molecule has 0 saturated carbocycles. The lowest BCUT2D eigenvalue weighted by Gasteiger charge is -2.37. The number of rotatable bonds is 3. The Morgan fingerprint density at radius 1 is 1.26 bits per heavy atom. The molecule has 2 aliphatic rings. The first kappa shape index (κ1) is 15.2. The smallest absolute Gasteiger partial charge is 0.0829 e. The zero-order chi connectivity index (χ0) is 13.9. The van der Waals surface area contributed by atoms with Crippen molar-refractivity contribution in [3.05, 3.63) is 0 Å². The molecule has 2 heterocycles. The van der Waals surface area contributed by atoms with Crippen LogP contribution in [-0.4, -0.2) is 72.0 Å². The number of hydrogen-bond donors (Lipinski definition) is 1. The largest absolute Gasteiger partial charge is 0.390 e. The summed E-state index contributed by atoms with van der Waals surface area (Å²) in [5.74, 6) is 0. The Morgan fingerprint density at radius 3 is 2.79 bits per heavy atom. The lowest BCUT2D eigenvalue weighted by atomic mass is 9.98. The van der Waals surface area contributed by atoms with Gasteiger partial charge in [-0.15, -0.1) is 0 Å². The van der Waals surface area contributed by atoms with Crippen LogP contribution in [0.5, 0.6) is 0 Å². The topological polar surface area (TPSA) is 35.9 Å². The second-order valence-corrected chi connectivity index (χ2v) is 6.73. The highest BCUT2D eigenvalue weighted by atomic mass is 16.5. The van der Waals surface area contributed by atoms with Crippen LogP contribution < -0.4 is 0 Å². The maximum Gasteiger partial charge on any atom is 0.0829 e. The zero-order valence-corrected chi connectivity index (χ0v) is 12.8. The fraction of sp³-hybridized carbons (Fsp3) is 1.00. The van der Waals surface area contributed by atoms with Crippen molar-refractivity contribution in [1.29, 1.82) is 0 Å². The van der Waals surface area contributed by atoms with Crippen molar-refractivity contribution in [3.8, 4) is 0 Å². The molecule has 0 aliphatic carbocycles. The third kappa shape index (κ3) is 4.71. The van der Waals surface area contributed by atoms with Gasteiger partial charge in [0.25, 0.3) is 0 Å². The normalized spacial score (nSPS) is 35.5. The van der Waals surface area contributed by atoms with Crippen LogP contribution in [0.25, 0.3) is 0 Å². The summed E-state index contributed by atoms with van der Waals surface area (Å²) in [6.45, 7) is 12.5. The molecule has 0 radical (unpaired) electrons. The molecular formula is C15H30N2O2. The molecule has 2 unspecified atom stereocenters. The molecule has 0 spiro atoms. The van der Waals surface area contributed by atoms with Gasteiger partial charge >= 0.3 is 0 Å². The van der Waals surface area contributed by atoms with E-state index < -0.39 is 5.60 Å². The number of morpholine rings is 1. The standard InChI is InChI=1S/C15H30N2O2/c1-13(2)17-9-10-19-14(12-17)11-16-7-4-5-15(3,18)6-8-16/h13-14,18H,4-12H2,1-3H3. The number of aliphatic hydroxyl groups is 1. The fourth-order valence-electron chi connectivity index (χ4n) is 3.11. The van der Waals surface area contributed by atoms with Crippen molar-refractivity contribution >= 4 is 0 Å². The van der Waals surface area contributed by atoms with Crippen LogP contribution in [0.2, 0.25) is 0 Å². The molecule has 1 N–H and O–H groups in total. The molecule has 2 rings (SSSR count). The molecule has 19 heavy (non-hydrogen) atoms. The average molecular weight is 270 g/mol. The van der Waals surface area contributed by atoms with Gasteiger partial charge in [0.15, 0.2) is 0 Å². The first-order valence-corrected chi connectivity index (χ1v) is 7.77. The third-order valence-corrected chi connectivity index (χ3v) is 4.52. The summed E-state index contributed by atoms with van der Waals surface area (Å²) in [5.41, 5.74) is -0.466. The molecule has 2 fully saturated rings. The summed E-state index contributed by atoms with van der Waals surface area (Å²) in [7, 11) is 0. The molecule has 0 aromatic heterocycles. The van der Waals surface area contributed by atoms with Crippen LogP contribution in [-0.2, 0) is 4.74 Å². The molecule has 0 amide bonds. The Balaban J connectivity index is 1.80. The van der Waals surface area contributed by atoms with Crippen molar-refractivity contribution in [2.45, 2.75) is 57.8 Å². The summed E-state index contributed by atoms with van der Waals surface area (Å²) in [5, 5.41) is 10.1. The first-order valence-electron chi connectivity index (χ1n) is 7.77. The summed E-state index contributed by atoms with van der Waals surface area (Å²) >= 11 is 0. The van der Waals surface area contributed by atoms with Crippen molar-refractivity contribution in [3.63, 3.8) is 0 Å². The minimum absolute atomic E-state index is 0.333.